The van der Waals surface area contributed by atoms with E-state index in [1.54, 1.807) is 28.2 Å². The number of nitrogens with zero attached hydrogens (tertiary/aromatic N) is 2. The van der Waals surface area contributed by atoms with Crippen molar-refractivity contribution in [2.45, 2.75) is 110 Å². The topological polar surface area (TPSA) is 46.5 Å². The zero-order valence-corrected chi connectivity index (χ0v) is 18.8. The molecule has 0 bridgehead atoms. The molecule has 0 aliphatic carbocycles. The standard InChI is InChI=1S/C20H43NO.C2H7NO/c1-4-5-6-7-8-9-10-11-12-13-14-15-16-17-18-19-20-21(2,3)22;1-3(2)4/h4-20H2,1-3H3;4H,1-2H3. The summed E-state index contributed by atoms with van der Waals surface area (Å²) >= 11 is 0. The summed E-state index contributed by atoms with van der Waals surface area (Å²) in [6, 6.07) is 0. The van der Waals surface area contributed by atoms with Gasteiger partial charge in [0, 0.05) is 14.1 Å². The van der Waals surface area contributed by atoms with Crippen LogP contribution in [0.3, 0.4) is 0 Å². The first-order valence-electron chi connectivity index (χ1n) is 11.2. The number of hydrogen-bond donors (Lipinski definition) is 1. The molecule has 160 valence electrons. The molecule has 4 heteroatoms. The molecule has 0 rings (SSSR count). The molecule has 0 saturated carbocycles. The van der Waals surface area contributed by atoms with E-state index in [0.29, 0.717) is 0 Å². The van der Waals surface area contributed by atoms with E-state index in [0.717, 1.165) is 18.0 Å². The lowest BCUT2D eigenvalue weighted by molar-refractivity contribution is -0.840. The first kappa shape index (κ1) is 28.1. The maximum atomic E-state index is 11.4. The third kappa shape index (κ3) is 35.0. The van der Waals surface area contributed by atoms with Gasteiger partial charge in [0.05, 0.1) is 20.6 Å². The van der Waals surface area contributed by atoms with Crippen molar-refractivity contribution in [3.8, 4) is 0 Å². The predicted molar refractivity (Wildman–Crippen MR) is 115 cm³/mol. The van der Waals surface area contributed by atoms with Gasteiger partial charge in [0.2, 0.25) is 0 Å². The SMILES string of the molecule is CCCCCCCCCCCCCCCCCC[N+](C)(C)[O-].CN(C)O. The largest absolute Gasteiger partial charge is 0.633 e. The van der Waals surface area contributed by atoms with Gasteiger partial charge in [-0.1, -0.05) is 96.8 Å². The monoisotopic (exact) mass is 374 g/mol. The fourth-order valence-corrected chi connectivity index (χ4v) is 3.04. The van der Waals surface area contributed by atoms with Gasteiger partial charge in [-0.3, -0.25) is 0 Å². The van der Waals surface area contributed by atoms with Crippen LogP contribution in [0.4, 0.5) is 0 Å². The number of quaternary nitrogens is 1. The highest BCUT2D eigenvalue weighted by Crippen LogP contribution is 2.13. The molecule has 26 heavy (non-hydrogen) atoms. The molecule has 0 aromatic heterocycles. The Kier molecular flexibility index (Phi) is 22.8. The molecule has 0 aliphatic rings. The van der Waals surface area contributed by atoms with Gasteiger partial charge in [-0.2, -0.15) is 5.06 Å². The summed E-state index contributed by atoms with van der Waals surface area (Å²) in [5.74, 6) is 0. The van der Waals surface area contributed by atoms with E-state index in [-0.39, 0.29) is 4.65 Å². The third-order valence-corrected chi connectivity index (χ3v) is 4.55. The van der Waals surface area contributed by atoms with Gasteiger partial charge in [0.1, 0.15) is 0 Å². The van der Waals surface area contributed by atoms with Crippen LogP contribution in [0.15, 0.2) is 0 Å². The van der Waals surface area contributed by atoms with E-state index >= 15 is 0 Å². The fraction of sp³-hybridized carbons (Fsp3) is 1.00. The zero-order valence-electron chi connectivity index (χ0n) is 18.8. The Bertz CT molecular complexity index is 250. The highest BCUT2D eigenvalue weighted by Gasteiger charge is 2.00. The van der Waals surface area contributed by atoms with Crippen LogP contribution in [0, 0.1) is 5.21 Å². The Morgan fingerprint density at radius 3 is 1.08 bits per heavy atom. The van der Waals surface area contributed by atoms with Crippen LogP contribution in [0.1, 0.15) is 110 Å². The summed E-state index contributed by atoms with van der Waals surface area (Å²) in [6.45, 7) is 3.06. The molecule has 0 aromatic carbocycles. The highest BCUT2D eigenvalue weighted by atomic mass is 16.5. The lowest BCUT2D eigenvalue weighted by Gasteiger charge is -2.33. The zero-order chi connectivity index (χ0) is 20.1. The Hall–Kier alpha value is -0.160. The molecule has 0 heterocycles. The number of hydrogen-bond acceptors (Lipinski definition) is 3. The summed E-state index contributed by atoms with van der Waals surface area (Å²) < 4.78 is -0.126. The smallest absolute Gasteiger partial charge is 0.0779 e. The number of hydroxylamine groups is 5. The predicted octanol–water partition coefficient (Wildman–Crippen LogP) is 6.76. The molecule has 1 N–H and O–H groups in total. The van der Waals surface area contributed by atoms with Crippen LogP contribution in [0.25, 0.3) is 0 Å². The maximum Gasteiger partial charge on any atom is 0.0779 e. The first-order chi connectivity index (χ1) is 12.3. The Morgan fingerprint density at radius 1 is 0.615 bits per heavy atom. The van der Waals surface area contributed by atoms with Gasteiger partial charge >= 0.3 is 0 Å². The van der Waals surface area contributed by atoms with E-state index < -0.39 is 0 Å². The van der Waals surface area contributed by atoms with E-state index in [4.69, 9.17) is 5.21 Å². The van der Waals surface area contributed by atoms with Crippen molar-refractivity contribution < 1.29 is 9.85 Å². The van der Waals surface area contributed by atoms with Crippen LogP contribution in [0.2, 0.25) is 0 Å². The molecule has 0 fully saturated rings. The summed E-state index contributed by atoms with van der Waals surface area (Å²) in [5.41, 5.74) is 0. The molecular weight excluding hydrogens is 324 g/mol. The van der Waals surface area contributed by atoms with Gasteiger partial charge in [-0.05, 0) is 12.8 Å². The van der Waals surface area contributed by atoms with Gasteiger partial charge in [0.25, 0.3) is 0 Å². The van der Waals surface area contributed by atoms with Crippen LogP contribution >= 0.6 is 0 Å². The number of unbranched alkanes of at least 4 members (excludes halogenated alkanes) is 15. The van der Waals surface area contributed by atoms with Crippen LogP contribution in [0.5, 0.6) is 0 Å². The summed E-state index contributed by atoms with van der Waals surface area (Å²) in [4.78, 5) is 0. The Morgan fingerprint density at radius 2 is 0.846 bits per heavy atom. The van der Waals surface area contributed by atoms with Crippen molar-refractivity contribution in [1.82, 2.24) is 5.06 Å². The van der Waals surface area contributed by atoms with Crippen LogP contribution in [-0.2, 0) is 0 Å². The molecule has 0 radical (unpaired) electrons. The maximum absolute atomic E-state index is 11.4. The second kappa shape index (κ2) is 21.1. The summed E-state index contributed by atoms with van der Waals surface area (Å²) in [7, 11) is 6.59. The molecule has 0 saturated heterocycles. The van der Waals surface area contributed by atoms with Crippen molar-refractivity contribution in [2.24, 2.45) is 0 Å². The van der Waals surface area contributed by atoms with Crippen molar-refractivity contribution in [3.05, 3.63) is 5.21 Å². The molecule has 0 unspecified atom stereocenters. The van der Waals surface area contributed by atoms with E-state index in [2.05, 4.69) is 6.92 Å². The molecule has 0 aliphatic heterocycles. The third-order valence-electron chi connectivity index (χ3n) is 4.55. The normalized spacial score (nSPS) is 11.5. The molecule has 0 atom stereocenters. The second-order valence-electron chi connectivity index (χ2n) is 8.45. The molecule has 4 nitrogen and oxygen atoms in total. The van der Waals surface area contributed by atoms with Crippen molar-refractivity contribution in [1.29, 1.82) is 0 Å². The number of rotatable bonds is 17. The quantitative estimate of drug-likeness (QED) is 0.174. The molecule has 0 spiro atoms. The molecule has 0 amide bonds. The van der Waals surface area contributed by atoms with Gasteiger partial charge in [-0.25, -0.2) is 0 Å². The minimum Gasteiger partial charge on any atom is -0.633 e. The minimum absolute atomic E-state index is 0.126. The van der Waals surface area contributed by atoms with Crippen molar-refractivity contribution in [3.63, 3.8) is 0 Å². The van der Waals surface area contributed by atoms with Crippen LogP contribution < -0.4 is 0 Å². The first-order valence-corrected chi connectivity index (χ1v) is 11.2. The summed E-state index contributed by atoms with van der Waals surface area (Å²) in [6.07, 6.45) is 22.2. The molecular formula is C22H50N2O2. The van der Waals surface area contributed by atoms with E-state index in [1.807, 2.05) is 0 Å². The fourth-order valence-electron chi connectivity index (χ4n) is 3.04. The van der Waals surface area contributed by atoms with Gasteiger partial charge in [0.15, 0.2) is 0 Å². The lowest BCUT2D eigenvalue weighted by atomic mass is 10.0. The van der Waals surface area contributed by atoms with E-state index in [1.165, 1.54) is 96.3 Å². The second-order valence-corrected chi connectivity index (χ2v) is 8.45. The van der Waals surface area contributed by atoms with Gasteiger partial charge < -0.3 is 15.1 Å². The Balaban J connectivity index is 0. The minimum atomic E-state index is -0.126. The van der Waals surface area contributed by atoms with Gasteiger partial charge in [-0.15, -0.1) is 0 Å². The molecule has 0 aromatic rings. The van der Waals surface area contributed by atoms with Crippen molar-refractivity contribution in [2.75, 3.05) is 34.7 Å². The highest BCUT2D eigenvalue weighted by molar-refractivity contribution is 4.50. The lowest BCUT2D eigenvalue weighted by Crippen LogP contribution is -2.32. The Labute approximate surface area is 165 Å². The van der Waals surface area contributed by atoms with E-state index in [9.17, 15) is 5.21 Å². The van der Waals surface area contributed by atoms with Crippen LogP contribution in [-0.4, -0.2) is 49.7 Å². The average Bonchev–Trinajstić information content (AvgIpc) is 2.53. The average molecular weight is 375 g/mol. The van der Waals surface area contributed by atoms with Crippen molar-refractivity contribution >= 4 is 0 Å². The summed E-state index contributed by atoms with van der Waals surface area (Å²) in [5, 5.41) is 20.3.